The van der Waals surface area contributed by atoms with Gasteiger partial charge in [0.1, 0.15) is 23.9 Å². The number of rotatable bonds is 7. The highest BCUT2D eigenvalue weighted by molar-refractivity contribution is 5.79. The van der Waals surface area contributed by atoms with Gasteiger partial charge in [-0.15, -0.1) is 0 Å². The zero-order chi connectivity index (χ0) is 17.2. The van der Waals surface area contributed by atoms with E-state index in [1.807, 2.05) is 24.3 Å². The van der Waals surface area contributed by atoms with Gasteiger partial charge in [0.2, 0.25) is 0 Å². The largest absolute Gasteiger partial charge is 0.497 e. The Kier molecular flexibility index (Phi) is 6.89. The maximum Gasteiger partial charge on any atom is 0.191 e. The van der Waals surface area contributed by atoms with E-state index in [9.17, 15) is 4.39 Å². The Labute approximate surface area is 141 Å². The molecule has 0 aliphatic carbocycles. The molecule has 0 atom stereocenters. The monoisotopic (exact) mass is 331 g/mol. The minimum absolute atomic E-state index is 0.233. The molecule has 0 aliphatic rings. The summed E-state index contributed by atoms with van der Waals surface area (Å²) in [4.78, 5) is 4.10. The smallest absolute Gasteiger partial charge is 0.191 e. The molecule has 0 fully saturated rings. The minimum atomic E-state index is -0.233. The number of hydrogen-bond acceptors (Lipinski definition) is 3. The van der Waals surface area contributed by atoms with Crippen molar-refractivity contribution in [2.75, 3.05) is 27.3 Å². The van der Waals surface area contributed by atoms with Gasteiger partial charge in [0, 0.05) is 19.2 Å². The first-order chi connectivity index (χ1) is 11.7. The molecule has 0 amide bonds. The Morgan fingerprint density at radius 2 is 1.75 bits per heavy atom. The number of hydrogen-bond donors (Lipinski definition) is 2. The molecule has 2 N–H and O–H groups in total. The molecule has 24 heavy (non-hydrogen) atoms. The molecule has 0 bridgehead atoms. The Balaban J connectivity index is 1.70. The first-order valence-corrected chi connectivity index (χ1v) is 7.67. The highest BCUT2D eigenvalue weighted by Crippen LogP contribution is 2.16. The van der Waals surface area contributed by atoms with E-state index in [1.165, 1.54) is 6.07 Å². The number of nitrogens with zero attached hydrogens (tertiary/aromatic N) is 1. The third kappa shape index (κ3) is 5.46. The fourth-order valence-electron chi connectivity index (χ4n) is 2.05. The summed E-state index contributed by atoms with van der Waals surface area (Å²) in [5.74, 6) is 1.92. The average molecular weight is 331 g/mol. The molecule has 0 heterocycles. The lowest BCUT2D eigenvalue weighted by atomic mass is 10.2. The number of halogens is 1. The maximum absolute atomic E-state index is 13.6. The van der Waals surface area contributed by atoms with Crippen molar-refractivity contribution in [2.24, 2.45) is 4.99 Å². The van der Waals surface area contributed by atoms with E-state index in [1.54, 1.807) is 32.4 Å². The molecular weight excluding hydrogens is 309 g/mol. The van der Waals surface area contributed by atoms with Gasteiger partial charge in [0.15, 0.2) is 5.96 Å². The quantitative estimate of drug-likeness (QED) is 0.465. The van der Waals surface area contributed by atoms with Gasteiger partial charge in [-0.05, 0) is 30.3 Å². The van der Waals surface area contributed by atoms with Crippen LogP contribution in [0.2, 0.25) is 0 Å². The van der Waals surface area contributed by atoms with Gasteiger partial charge in [-0.1, -0.05) is 18.2 Å². The third-order valence-electron chi connectivity index (χ3n) is 3.35. The van der Waals surface area contributed by atoms with E-state index >= 15 is 0 Å². The SMILES string of the molecule is CN=C(NCCOc1ccc(OC)cc1)NCc1ccccc1F. The lowest BCUT2D eigenvalue weighted by molar-refractivity contribution is 0.321. The van der Waals surface area contributed by atoms with Crippen LogP contribution in [0.3, 0.4) is 0 Å². The summed E-state index contributed by atoms with van der Waals surface area (Å²) in [7, 11) is 3.29. The number of ether oxygens (including phenoxy) is 2. The van der Waals surface area contributed by atoms with Crippen LogP contribution in [0, 0.1) is 5.82 Å². The molecule has 0 spiro atoms. The minimum Gasteiger partial charge on any atom is -0.497 e. The van der Waals surface area contributed by atoms with Crippen molar-refractivity contribution in [1.82, 2.24) is 10.6 Å². The second kappa shape index (κ2) is 9.39. The Morgan fingerprint density at radius 1 is 1.04 bits per heavy atom. The van der Waals surface area contributed by atoms with E-state index in [2.05, 4.69) is 15.6 Å². The summed E-state index contributed by atoms with van der Waals surface area (Å²) in [5.41, 5.74) is 0.593. The standard InChI is InChI=1S/C18H22FN3O2/c1-20-18(22-13-14-5-3-4-6-17(14)19)21-11-12-24-16-9-7-15(23-2)8-10-16/h3-10H,11-13H2,1-2H3,(H2,20,21,22). The third-order valence-corrected chi connectivity index (χ3v) is 3.35. The van der Waals surface area contributed by atoms with Crippen LogP contribution >= 0.6 is 0 Å². The lowest BCUT2D eigenvalue weighted by Crippen LogP contribution is -2.39. The number of aliphatic imine (C=N–C) groups is 1. The van der Waals surface area contributed by atoms with Crippen LogP contribution in [0.25, 0.3) is 0 Å². The molecule has 0 aromatic heterocycles. The predicted molar refractivity (Wildman–Crippen MR) is 93.1 cm³/mol. The summed E-state index contributed by atoms with van der Waals surface area (Å²) in [6.45, 7) is 1.42. The van der Waals surface area contributed by atoms with E-state index < -0.39 is 0 Å². The maximum atomic E-state index is 13.6. The van der Waals surface area contributed by atoms with Crippen molar-refractivity contribution in [1.29, 1.82) is 0 Å². The average Bonchev–Trinajstić information content (AvgIpc) is 2.63. The van der Waals surface area contributed by atoms with Crippen LogP contribution in [0.15, 0.2) is 53.5 Å². The molecule has 2 aromatic rings. The Bertz CT molecular complexity index is 660. The van der Waals surface area contributed by atoms with E-state index in [0.717, 1.165) is 11.5 Å². The molecule has 0 radical (unpaired) electrons. The van der Waals surface area contributed by atoms with Crippen LogP contribution in [0.5, 0.6) is 11.5 Å². The number of nitrogens with one attached hydrogen (secondary N) is 2. The molecule has 0 saturated heterocycles. The van der Waals surface area contributed by atoms with Gasteiger partial charge >= 0.3 is 0 Å². The van der Waals surface area contributed by atoms with Crippen molar-refractivity contribution >= 4 is 5.96 Å². The van der Waals surface area contributed by atoms with E-state index in [4.69, 9.17) is 9.47 Å². The number of guanidine groups is 1. The molecule has 6 heteroatoms. The number of benzene rings is 2. The van der Waals surface area contributed by atoms with Crippen LogP contribution in [0.4, 0.5) is 4.39 Å². The fraction of sp³-hybridized carbons (Fsp3) is 0.278. The van der Waals surface area contributed by atoms with Gasteiger partial charge < -0.3 is 20.1 Å². The summed E-state index contributed by atoms with van der Waals surface area (Å²) in [6, 6.07) is 14.0. The molecule has 5 nitrogen and oxygen atoms in total. The van der Waals surface area contributed by atoms with Crippen molar-refractivity contribution < 1.29 is 13.9 Å². The molecule has 0 unspecified atom stereocenters. The van der Waals surface area contributed by atoms with Crippen LogP contribution < -0.4 is 20.1 Å². The second-order valence-electron chi connectivity index (χ2n) is 4.97. The highest BCUT2D eigenvalue weighted by atomic mass is 19.1. The summed E-state index contributed by atoms with van der Waals surface area (Å²) >= 11 is 0. The van der Waals surface area contributed by atoms with Gasteiger partial charge in [0.25, 0.3) is 0 Å². The van der Waals surface area contributed by atoms with Crippen LogP contribution in [0.1, 0.15) is 5.56 Å². The first kappa shape index (κ1) is 17.6. The second-order valence-corrected chi connectivity index (χ2v) is 4.97. The molecule has 2 aromatic carbocycles. The predicted octanol–water partition coefficient (Wildman–Crippen LogP) is 2.58. The normalized spacial score (nSPS) is 11.0. The summed E-state index contributed by atoms with van der Waals surface area (Å²) < 4.78 is 24.3. The zero-order valence-electron chi connectivity index (χ0n) is 13.9. The van der Waals surface area contributed by atoms with Crippen LogP contribution in [-0.4, -0.2) is 33.3 Å². The van der Waals surface area contributed by atoms with Crippen LogP contribution in [-0.2, 0) is 6.54 Å². The molecule has 2 rings (SSSR count). The highest BCUT2D eigenvalue weighted by Gasteiger charge is 2.02. The van der Waals surface area contributed by atoms with Crippen molar-refractivity contribution in [2.45, 2.75) is 6.54 Å². The van der Waals surface area contributed by atoms with Gasteiger partial charge in [0.05, 0.1) is 13.7 Å². The molecular formula is C18H22FN3O2. The first-order valence-electron chi connectivity index (χ1n) is 7.67. The number of methoxy groups -OCH3 is 1. The van der Waals surface area contributed by atoms with E-state index in [0.29, 0.717) is 31.2 Å². The summed E-state index contributed by atoms with van der Waals surface area (Å²) in [5, 5.41) is 6.19. The molecule has 0 aliphatic heterocycles. The fourth-order valence-corrected chi connectivity index (χ4v) is 2.05. The van der Waals surface area contributed by atoms with Crippen molar-refractivity contribution in [3.63, 3.8) is 0 Å². The van der Waals surface area contributed by atoms with E-state index in [-0.39, 0.29) is 5.82 Å². The van der Waals surface area contributed by atoms with Crippen molar-refractivity contribution in [3.05, 3.63) is 59.9 Å². The zero-order valence-corrected chi connectivity index (χ0v) is 13.9. The topological polar surface area (TPSA) is 54.9 Å². The lowest BCUT2D eigenvalue weighted by Gasteiger charge is -2.13. The van der Waals surface area contributed by atoms with Crippen molar-refractivity contribution in [3.8, 4) is 11.5 Å². The molecule has 0 saturated carbocycles. The summed E-state index contributed by atoms with van der Waals surface area (Å²) in [6.07, 6.45) is 0. The Hall–Kier alpha value is -2.76. The molecule has 128 valence electrons. The van der Waals surface area contributed by atoms with Gasteiger partial charge in [-0.25, -0.2) is 4.39 Å². The van der Waals surface area contributed by atoms with Gasteiger partial charge in [-0.2, -0.15) is 0 Å². The van der Waals surface area contributed by atoms with Gasteiger partial charge in [-0.3, -0.25) is 4.99 Å². The Morgan fingerprint density at radius 3 is 2.42 bits per heavy atom.